The molecule has 1 aromatic heterocycles. The number of hydrazone groups is 1. The van der Waals surface area contributed by atoms with Crippen LogP contribution in [0.3, 0.4) is 0 Å². The summed E-state index contributed by atoms with van der Waals surface area (Å²) in [6, 6.07) is 9.60. The van der Waals surface area contributed by atoms with Crippen molar-refractivity contribution in [1.82, 2.24) is 15.6 Å². The lowest BCUT2D eigenvalue weighted by atomic mass is 9.88. The Morgan fingerprint density at radius 3 is 2.80 bits per heavy atom. The number of H-pyrrole nitrogens is 1. The fourth-order valence-corrected chi connectivity index (χ4v) is 2.59. The number of nitrogens with two attached hydrogens (primary N) is 1. The monoisotopic (exact) mass is 266 g/mol. The van der Waals surface area contributed by atoms with E-state index in [1.54, 1.807) is 0 Å². The summed E-state index contributed by atoms with van der Waals surface area (Å²) in [5, 5.41) is 11.4. The van der Waals surface area contributed by atoms with E-state index in [1.807, 2.05) is 30.3 Å². The van der Waals surface area contributed by atoms with E-state index >= 15 is 0 Å². The summed E-state index contributed by atoms with van der Waals surface area (Å²) in [7, 11) is 0. The quantitative estimate of drug-likeness (QED) is 0.608. The van der Waals surface area contributed by atoms with Crippen LogP contribution in [0.1, 0.15) is 5.56 Å². The zero-order valence-electron chi connectivity index (χ0n) is 10.3. The summed E-state index contributed by atoms with van der Waals surface area (Å²) in [5.41, 5.74) is 10.6. The molecule has 2 aliphatic heterocycles. The molecular formula is C13H10N6O. The standard InChI is InChI=1S/C13H10N6O/c14-10-8-7(6-4-2-1-3-5-6)9-12(18-19-13(9)20)15-11(8)17-16-10/h1-5,9H,(H2,14,16)(H,19,20)(H,15,17,18). The first-order valence-corrected chi connectivity index (χ1v) is 6.11. The van der Waals surface area contributed by atoms with Gasteiger partial charge in [0.2, 0.25) is 0 Å². The minimum atomic E-state index is -0.537. The van der Waals surface area contributed by atoms with Crippen molar-refractivity contribution in [3.8, 4) is 0 Å². The second kappa shape index (κ2) is 3.77. The number of hydrogen-bond acceptors (Lipinski definition) is 5. The third-order valence-electron chi connectivity index (χ3n) is 3.45. The van der Waals surface area contributed by atoms with Gasteiger partial charge in [0.1, 0.15) is 5.92 Å². The van der Waals surface area contributed by atoms with Gasteiger partial charge in [-0.15, -0.1) is 0 Å². The highest BCUT2D eigenvalue weighted by molar-refractivity contribution is 6.16. The molecule has 2 aliphatic rings. The fourth-order valence-electron chi connectivity index (χ4n) is 2.59. The average molecular weight is 266 g/mol. The highest BCUT2D eigenvalue weighted by Crippen LogP contribution is 2.26. The van der Waals surface area contributed by atoms with Crippen LogP contribution in [-0.2, 0) is 4.79 Å². The number of aromatic amines is 1. The number of hydrogen-bond donors (Lipinski definition) is 3. The number of anilines is 1. The van der Waals surface area contributed by atoms with Gasteiger partial charge in [0.15, 0.2) is 17.1 Å². The van der Waals surface area contributed by atoms with Crippen LogP contribution in [0, 0.1) is 5.92 Å². The molecule has 0 bridgehead atoms. The van der Waals surface area contributed by atoms with Crippen LogP contribution in [0.5, 0.6) is 0 Å². The van der Waals surface area contributed by atoms with E-state index in [9.17, 15) is 4.79 Å². The van der Waals surface area contributed by atoms with E-state index in [0.717, 1.165) is 11.1 Å². The number of nitrogens with one attached hydrogen (secondary N) is 2. The minimum Gasteiger partial charge on any atom is -0.382 e. The third-order valence-corrected chi connectivity index (χ3v) is 3.45. The van der Waals surface area contributed by atoms with E-state index in [-0.39, 0.29) is 5.91 Å². The molecule has 1 aromatic carbocycles. The number of carbonyl (C=O) groups is 1. The van der Waals surface area contributed by atoms with Crippen molar-refractivity contribution < 1.29 is 4.79 Å². The molecule has 1 atom stereocenters. The predicted molar refractivity (Wildman–Crippen MR) is 71.8 cm³/mol. The summed E-state index contributed by atoms with van der Waals surface area (Å²) in [6.45, 7) is 0. The van der Waals surface area contributed by atoms with Crippen molar-refractivity contribution in [2.45, 2.75) is 0 Å². The maximum Gasteiger partial charge on any atom is 0.255 e. The van der Waals surface area contributed by atoms with Gasteiger partial charge in [-0.1, -0.05) is 30.3 Å². The Morgan fingerprint density at radius 1 is 1.20 bits per heavy atom. The summed E-state index contributed by atoms with van der Waals surface area (Å²) >= 11 is 0. The highest BCUT2D eigenvalue weighted by Gasteiger charge is 2.37. The zero-order valence-corrected chi connectivity index (χ0v) is 10.3. The van der Waals surface area contributed by atoms with Gasteiger partial charge in [-0.2, -0.15) is 10.2 Å². The van der Waals surface area contributed by atoms with Crippen LogP contribution in [-0.4, -0.2) is 21.9 Å². The van der Waals surface area contributed by atoms with Gasteiger partial charge in [-0.3, -0.25) is 9.89 Å². The number of carbonyl (C=O) groups excluding carboxylic acids is 1. The lowest BCUT2D eigenvalue weighted by Crippen LogP contribution is -2.39. The molecule has 98 valence electrons. The topological polar surface area (TPSA) is 109 Å². The number of nitrogens with zero attached hydrogens (tertiary/aromatic N) is 3. The highest BCUT2D eigenvalue weighted by atomic mass is 16.2. The molecule has 1 amide bonds. The van der Waals surface area contributed by atoms with Crippen molar-refractivity contribution >= 4 is 23.1 Å². The van der Waals surface area contributed by atoms with Gasteiger partial charge >= 0.3 is 0 Å². The maximum absolute atomic E-state index is 12.1. The molecule has 3 heterocycles. The van der Waals surface area contributed by atoms with Crippen molar-refractivity contribution in [3.63, 3.8) is 0 Å². The Hall–Kier alpha value is -2.96. The summed E-state index contributed by atoms with van der Waals surface area (Å²) in [5.74, 6) is 0.0324. The molecule has 0 spiro atoms. The molecular weight excluding hydrogens is 256 g/mol. The number of rotatable bonds is 1. The molecule has 0 fully saturated rings. The lowest BCUT2D eigenvalue weighted by Gasteiger charge is -2.15. The molecule has 4 rings (SSSR count). The largest absolute Gasteiger partial charge is 0.382 e. The Kier molecular flexibility index (Phi) is 2.06. The summed E-state index contributed by atoms with van der Waals surface area (Å²) in [4.78, 5) is 16.4. The van der Waals surface area contributed by atoms with E-state index in [0.29, 0.717) is 22.4 Å². The number of fused-ring (bicyclic) bond motifs is 2. The number of benzene rings is 1. The van der Waals surface area contributed by atoms with Gasteiger partial charge in [0.25, 0.3) is 5.91 Å². The molecule has 0 saturated heterocycles. The predicted octanol–water partition coefficient (Wildman–Crippen LogP) is -1.12. The van der Waals surface area contributed by atoms with Gasteiger partial charge in [0.05, 0.1) is 5.22 Å². The first-order valence-electron chi connectivity index (χ1n) is 6.11. The van der Waals surface area contributed by atoms with Crippen molar-refractivity contribution in [3.05, 3.63) is 46.6 Å². The lowest BCUT2D eigenvalue weighted by molar-refractivity contribution is -0.120. The molecule has 7 heteroatoms. The molecule has 20 heavy (non-hydrogen) atoms. The van der Waals surface area contributed by atoms with Crippen LogP contribution in [0.2, 0.25) is 0 Å². The Labute approximate surface area is 112 Å². The smallest absolute Gasteiger partial charge is 0.255 e. The maximum atomic E-state index is 12.1. The molecule has 2 aromatic rings. The molecule has 0 saturated carbocycles. The second-order valence-electron chi connectivity index (χ2n) is 4.60. The van der Waals surface area contributed by atoms with Gasteiger partial charge in [0, 0.05) is 0 Å². The summed E-state index contributed by atoms with van der Waals surface area (Å²) in [6.07, 6.45) is 0. The van der Waals surface area contributed by atoms with E-state index < -0.39 is 5.92 Å². The molecule has 1 unspecified atom stereocenters. The number of amidine groups is 1. The summed E-state index contributed by atoms with van der Waals surface area (Å²) < 4.78 is 0. The number of aromatic nitrogens is 2. The number of nitrogen functional groups attached to an aromatic ring is 1. The third kappa shape index (κ3) is 1.34. The van der Waals surface area contributed by atoms with E-state index in [1.165, 1.54) is 0 Å². The molecule has 4 N–H and O–H groups in total. The van der Waals surface area contributed by atoms with Crippen LogP contribution < -0.4 is 21.9 Å². The SMILES string of the molecule is Nc1n[nH]c2c1=C(c1ccccc1)C1C(=O)NN=C1N=2. The molecule has 0 aliphatic carbocycles. The molecule has 7 nitrogen and oxygen atoms in total. The average Bonchev–Trinajstić information content (AvgIpc) is 3.03. The van der Waals surface area contributed by atoms with Gasteiger partial charge in [-0.05, 0) is 11.1 Å². The second-order valence-corrected chi connectivity index (χ2v) is 4.60. The van der Waals surface area contributed by atoms with Crippen molar-refractivity contribution in [1.29, 1.82) is 0 Å². The van der Waals surface area contributed by atoms with E-state index in [2.05, 4.69) is 25.7 Å². The van der Waals surface area contributed by atoms with Crippen LogP contribution >= 0.6 is 0 Å². The Balaban J connectivity index is 2.15. The van der Waals surface area contributed by atoms with Gasteiger partial charge in [-0.25, -0.2) is 10.4 Å². The molecule has 0 radical (unpaired) electrons. The van der Waals surface area contributed by atoms with Crippen LogP contribution in [0.25, 0.3) is 5.57 Å². The van der Waals surface area contributed by atoms with Gasteiger partial charge < -0.3 is 5.73 Å². The fraction of sp³-hybridized carbons (Fsp3) is 0.0769. The van der Waals surface area contributed by atoms with Crippen molar-refractivity contribution in [2.75, 3.05) is 5.73 Å². The Bertz CT molecular complexity index is 864. The Morgan fingerprint density at radius 2 is 2.00 bits per heavy atom. The van der Waals surface area contributed by atoms with Crippen molar-refractivity contribution in [2.24, 2.45) is 16.0 Å². The minimum absolute atomic E-state index is 0.200. The zero-order chi connectivity index (χ0) is 13.7. The first kappa shape index (κ1) is 10.9. The normalized spacial score (nSPS) is 19.8. The first-order chi connectivity index (χ1) is 9.75. The van der Waals surface area contributed by atoms with E-state index in [4.69, 9.17) is 5.73 Å². The van der Waals surface area contributed by atoms with Crippen LogP contribution in [0.15, 0.2) is 40.4 Å². The van der Waals surface area contributed by atoms with Crippen LogP contribution in [0.4, 0.5) is 5.82 Å². The number of amides is 1.